The van der Waals surface area contributed by atoms with Gasteiger partial charge in [0.1, 0.15) is 0 Å². The van der Waals surface area contributed by atoms with E-state index < -0.39 is 0 Å². The van der Waals surface area contributed by atoms with Gasteiger partial charge in [0.25, 0.3) is 5.91 Å². The molecule has 0 N–H and O–H groups in total. The van der Waals surface area contributed by atoms with Gasteiger partial charge in [0, 0.05) is 18.8 Å². The molecule has 1 unspecified atom stereocenters. The van der Waals surface area contributed by atoms with E-state index in [1.165, 1.54) is 11.3 Å². The van der Waals surface area contributed by atoms with E-state index in [2.05, 4.69) is 17.0 Å². The number of carbonyl (C=O) groups is 1. The number of amides is 1. The third-order valence-electron chi connectivity index (χ3n) is 4.52. The first-order chi connectivity index (χ1) is 12.2. The van der Waals surface area contributed by atoms with Crippen LogP contribution in [0.2, 0.25) is 0 Å². The van der Waals surface area contributed by atoms with Gasteiger partial charge in [-0.3, -0.25) is 9.69 Å². The Morgan fingerprint density at radius 2 is 2.04 bits per heavy atom. The lowest BCUT2D eigenvalue weighted by atomic mass is 10.2. The molecule has 128 valence electrons. The minimum Gasteiger partial charge on any atom is -0.304 e. The number of hydrogen-bond donors (Lipinski definition) is 0. The molecule has 0 spiro atoms. The maximum Gasteiger partial charge on any atom is 0.269 e. The molecule has 0 radical (unpaired) electrons. The van der Waals surface area contributed by atoms with Crippen LogP contribution in [0.5, 0.6) is 0 Å². The highest BCUT2D eigenvalue weighted by molar-refractivity contribution is 7.12. The van der Waals surface area contributed by atoms with Crippen LogP contribution in [0.25, 0.3) is 5.69 Å². The molecule has 2 aromatic heterocycles. The van der Waals surface area contributed by atoms with Gasteiger partial charge in [-0.25, -0.2) is 4.68 Å². The summed E-state index contributed by atoms with van der Waals surface area (Å²) >= 11 is 1.48. The molecule has 1 aromatic carbocycles. The molecule has 0 saturated carbocycles. The van der Waals surface area contributed by atoms with Crippen molar-refractivity contribution >= 4 is 23.1 Å². The highest BCUT2D eigenvalue weighted by Crippen LogP contribution is 2.25. The summed E-state index contributed by atoms with van der Waals surface area (Å²) < 4.78 is 1.82. The molecule has 3 aromatic rings. The smallest absolute Gasteiger partial charge is 0.269 e. The van der Waals surface area contributed by atoms with E-state index in [0.717, 1.165) is 30.1 Å². The van der Waals surface area contributed by atoms with E-state index in [9.17, 15) is 4.79 Å². The lowest BCUT2D eigenvalue weighted by Gasteiger charge is -2.26. The normalized spacial score (nSPS) is 17.7. The predicted molar refractivity (Wildman–Crippen MR) is 101 cm³/mol. The average Bonchev–Trinajstić information content (AvgIpc) is 3.38. The number of hydrogen-bond acceptors (Lipinski definition) is 4. The first-order valence-electron chi connectivity index (χ1n) is 8.39. The molecule has 4 rings (SSSR count). The fourth-order valence-electron chi connectivity index (χ4n) is 3.27. The number of thiophene rings is 1. The van der Waals surface area contributed by atoms with E-state index in [1.54, 1.807) is 0 Å². The van der Waals surface area contributed by atoms with Crippen LogP contribution in [-0.4, -0.2) is 46.8 Å². The second-order valence-corrected chi connectivity index (χ2v) is 7.26. The Bertz CT molecular complexity index is 843. The Labute approximate surface area is 151 Å². The number of likely N-dealkylation sites (tertiary alicyclic amines) is 1. The van der Waals surface area contributed by atoms with Crippen molar-refractivity contribution in [2.75, 3.05) is 25.0 Å². The summed E-state index contributed by atoms with van der Waals surface area (Å²) in [5.41, 5.74) is 0.987. The number of anilines is 1. The van der Waals surface area contributed by atoms with Crippen LogP contribution in [0.15, 0.2) is 60.1 Å². The van der Waals surface area contributed by atoms with Crippen molar-refractivity contribution in [3.63, 3.8) is 0 Å². The summed E-state index contributed by atoms with van der Waals surface area (Å²) in [6, 6.07) is 15.8. The molecular weight excluding hydrogens is 332 g/mol. The van der Waals surface area contributed by atoms with Crippen LogP contribution in [0.4, 0.5) is 5.82 Å². The second-order valence-electron chi connectivity index (χ2n) is 6.31. The molecule has 0 bridgehead atoms. The van der Waals surface area contributed by atoms with Crippen LogP contribution >= 0.6 is 11.3 Å². The minimum absolute atomic E-state index is 0.0358. The van der Waals surface area contributed by atoms with E-state index >= 15 is 0 Å². The van der Waals surface area contributed by atoms with E-state index in [0.29, 0.717) is 5.82 Å². The molecule has 25 heavy (non-hydrogen) atoms. The number of carbonyl (C=O) groups excluding carboxylic acids is 1. The number of benzene rings is 1. The van der Waals surface area contributed by atoms with Crippen molar-refractivity contribution in [1.29, 1.82) is 0 Å². The fourth-order valence-corrected chi connectivity index (χ4v) is 3.93. The molecule has 0 aliphatic carbocycles. The van der Waals surface area contributed by atoms with E-state index in [4.69, 9.17) is 0 Å². The lowest BCUT2D eigenvalue weighted by molar-refractivity contribution is 0.0980. The molecule has 1 saturated heterocycles. The van der Waals surface area contributed by atoms with Gasteiger partial charge < -0.3 is 4.90 Å². The summed E-state index contributed by atoms with van der Waals surface area (Å²) in [5.74, 6) is 0.746. The van der Waals surface area contributed by atoms with Gasteiger partial charge in [-0.2, -0.15) is 0 Å². The second kappa shape index (κ2) is 6.82. The molecule has 3 heterocycles. The Morgan fingerprint density at radius 1 is 1.20 bits per heavy atom. The van der Waals surface area contributed by atoms with Crippen molar-refractivity contribution in [2.45, 2.75) is 12.5 Å². The number of likely N-dealkylation sites (N-methyl/N-ethyl adjacent to an activating group) is 1. The summed E-state index contributed by atoms with van der Waals surface area (Å²) in [7, 11) is 2.09. The number of rotatable bonds is 4. The van der Waals surface area contributed by atoms with E-state index in [-0.39, 0.29) is 11.9 Å². The zero-order chi connectivity index (χ0) is 17.2. The Hall–Kier alpha value is -2.44. The van der Waals surface area contributed by atoms with Crippen LogP contribution in [0.1, 0.15) is 16.1 Å². The molecule has 5 nitrogen and oxygen atoms in total. The summed E-state index contributed by atoms with van der Waals surface area (Å²) in [6.45, 7) is 1.87. The van der Waals surface area contributed by atoms with Gasteiger partial charge in [-0.05, 0) is 43.6 Å². The Morgan fingerprint density at radius 3 is 2.72 bits per heavy atom. The minimum atomic E-state index is 0.0358. The Balaban J connectivity index is 1.69. The first-order valence-corrected chi connectivity index (χ1v) is 9.27. The third kappa shape index (κ3) is 3.23. The van der Waals surface area contributed by atoms with Gasteiger partial charge in [0.05, 0.1) is 16.6 Å². The van der Waals surface area contributed by atoms with Crippen molar-refractivity contribution in [1.82, 2.24) is 14.7 Å². The molecule has 1 aliphatic rings. The van der Waals surface area contributed by atoms with Gasteiger partial charge in [-0.15, -0.1) is 16.4 Å². The highest BCUT2D eigenvalue weighted by atomic mass is 32.1. The first kappa shape index (κ1) is 16.1. The quantitative estimate of drug-likeness (QED) is 0.723. The largest absolute Gasteiger partial charge is 0.304 e. The maximum absolute atomic E-state index is 13.1. The summed E-state index contributed by atoms with van der Waals surface area (Å²) in [6.07, 6.45) is 2.88. The Kier molecular flexibility index (Phi) is 4.38. The number of para-hydroxylation sites is 1. The zero-order valence-corrected chi connectivity index (χ0v) is 14.9. The van der Waals surface area contributed by atoms with Crippen molar-refractivity contribution in [2.24, 2.45) is 0 Å². The average molecular weight is 352 g/mol. The van der Waals surface area contributed by atoms with E-state index in [1.807, 2.05) is 69.7 Å². The SMILES string of the molecule is CN1CCC(N(C(=O)c2cccs2)c2ccn(-c3ccccc3)n2)C1. The van der Waals surface area contributed by atoms with Gasteiger partial charge >= 0.3 is 0 Å². The fraction of sp³-hybridized carbons (Fsp3) is 0.263. The maximum atomic E-state index is 13.1. The van der Waals surface area contributed by atoms with Gasteiger partial charge in [0.15, 0.2) is 5.82 Å². The summed E-state index contributed by atoms with van der Waals surface area (Å²) in [5, 5.41) is 6.63. The molecule has 1 aliphatic heterocycles. The number of aromatic nitrogens is 2. The molecule has 1 fully saturated rings. The molecule has 1 amide bonds. The van der Waals surface area contributed by atoms with Crippen LogP contribution in [-0.2, 0) is 0 Å². The van der Waals surface area contributed by atoms with Crippen LogP contribution in [0, 0.1) is 0 Å². The van der Waals surface area contributed by atoms with Crippen molar-refractivity contribution < 1.29 is 4.79 Å². The molecular formula is C19H20N4OS. The molecule has 1 atom stereocenters. The van der Waals surface area contributed by atoms with Crippen LogP contribution in [0.3, 0.4) is 0 Å². The molecule has 6 heteroatoms. The number of nitrogens with zero attached hydrogens (tertiary/aromatic N) is 4. The summed E-state index contributed by atoms with van der Waals surface area (Å²) in [4.78, 5) is 18.0. The van der Waals surface area contributed by atoms with Gasteiger partial charge in [-0.1, -0.05) is 24.3 Å². The standard InChI is InChI=1S/C19H20N4OS/c1-21-11-9-16(14-21)23(19(24)17-8-5-13-25-17)18-10-12-22(20-18)15-6-3-2-4-7-15/h2-8,10,12-13,16H,9,11,14H2,1H3. The van der Waals surface area contributed by atoms with Gasteiger partial charge in [0.2, 0.25) is 0 Å². The lowest BCUT2D eigenvalue weighted by Crippen LogP contribution is -2.42. The van der Waals surface area contributed by atoms with Crippen molar-refractivity contribution in [3.05, 3.63) is 65.0 Å². The van der Waals surface area contributed by atoms with Crippen molar-refractivity contribution in [3.8, 4) is 5.69 Å². The third-order valence-corrected chi connectivity index (χ3v) is 5.38. The topological polar surface area (TPSA) is 41.4 Å². The zero-order valence-electron chi connectivity index (χ0n) is 14.1. The van der Waals surface area contributed by atoms with Crippen LogP contribution < -0.4 is 4.90 Å². The predicted octanol–water partition coefficient (Wildman–Crippen LogP) is 3.28. The monoisotopic (exact) mass is 352 g/mol. The highest BCUT2D eigenvalue weighted by Gasteiger charge is 2.32.